The Balaban J connectivity index is 1.46. The number of rotatable bonds is 2. The molecule has 0 saturated heterocycles. The summed E-state index contributed by atoms with van der Waals surface area (Å²) in [4.78, 5) is 56.8. The molecule has 0 spiro atoms. The summed E-state index contributed by atoms with van der Waals surface area (Å²) in [6.07, 6.45) is 0. The summed E-state index contributed by atoms with van der Waals surface area (Å²) in [5, 5.41) is 6.39. The molecule has 40 heavy (non-hydrogen) atoms. The van der Waals surface area contributed by atoms with Crippen LogP contribution in [0.3, 0.4) is 0 Å². The summed E-state index contributed by atoms with van der Waals surface area (Å²) in [6, 6.07) is 21.1. The van der Waals surface area contributed by atoms with Crippen LogP contribution in [0.15, 0.2) is 72.8 Å². The van der Waals surface area contributed by atoms with Crippen LogP contribution in [0, 0.1) is 0 Å². The molecule has 7 nitrogen and oxygen atoms in total. The Morgan fingerprint density at radius 2 is 0.875 bits per heavy atom. The smallest absolute Gasteiger partial charge is 0.265 e. The topological polar surface area (TPSA) is 101 Å². The van der Waals surface area contributed by atoms with Crippen LogP contribution in [0.5, 0.6) is 0 Å². The molecule has 0 saturated carbocycles. The van der Waals surface area contributed by atoms with Crippen LogP contribution in [-0.2, 0) is 0 Å². The number of nitrogens with zero attached hydrogens (tertiary/aromatic N) is 2. The van der Waals surface area contributed by atoms with Crippen LogP contribution >= 0.6 is 0 Å². The lowest BCUT2D eigenvalue weighted by Gasteiger charge is -2.31. The molecule has 0 aromatic heterocycles. The first kappa shape index (κ1) is 22.7. The van der Waals surface area contributed by atoms with Crippen LogP contribution in [0.1, 0.15) is 55.3 Å². The Kier molecular flexibility index (Phi) is 4.20. The Hall–Kier alpha value is -5.30. The average molecular weight is 524 g/mol. The minimum absolute atomic E-state index is 0.268. The van der Waals surface area contributed by atoms with Gasteiger partial charge in [-0.05, 0) is 94.7 Å². The second-order valence-electron chi connectivity index (χ2n) is 10.8. The molecule has 0 unspecified atom stereocenters. The predicted molar refractivity (Wildman–Crippen MR) is 155 cm³/mol. The van der Waals surface area contributed by atoms with E-state index in [-0.39, 0.29) is 17.9 Å². The van der Waals surface area contributed by atoms with Gasteiger partial charge in [0.25, 0.3) is 23.6 Å². The molecular weight excluding hydrogens is 502 g/mol. The highest BCUT2D eigenvalue weighted by molar-refractivity contribution is 6.43. The summed E-state index contributed by atoms with van der Waals surface area (Å²) in [5.74, 6) is -1.39. The lowest BCUT2D eigenvalue weighted by molar-refractivity contribution is 0.0563. The molecule has 0 fully saturated rings. The maximum Gasteiger partial charge on any atom is 0.265 e. The van der Waals surface area contributed by atoms with Crippen LogP contribution < -0.4 is 10.6 Å². The number of benzene rings is 6. The molecule has 2 N–H and O–H groups in total. The zero-order valence-corrected chi connectivity index (χ0v) is 21.6. The van der Waals surface area contributed by atoms with Crippen molar-refractivity contribution < 1.29 is 19.2 Å². The molecule has 6 aromatic rings. The average Bonchev–Trinajstić information content (AvgIpc) is 2.94. The number of anilines is 2. The highest BCUT2D eigenvalue weighted by Crippen LogP contribution is 2.46. The highest BCUT2D eigenvalue weighted by atomic mass is 16.2. The van der Waals surface area contributed by atoms with Gasteiger partial charge in [-0.2, -0.15) is 0 Å². The number of imide groups is 2. The quantitative estimate of drug-likeness (QED) is 0.127. The van der Waals surface area contributed by atoms with E-state index in [1.54, 1.807) is 48.5 Å². The van der Waals surface area contributed by atoms with E-state index in [0.717, 1.165) is 32.3 Å². The van der Waals surface area contributed by atoms with Gasteiger partial charge in [-0.1, -0.05) is 24.3 Å². The molecule has 0 atom stereocenters. The first-order valence-electron chi connectivity index (χ1n) is 13.1. The predicted octanol–water partition coefficient (Wildman–Crippen LogP) is 6.12. The maximum absolute atomic E-state index is 13.8. The van der Waals surface area contributed by atoms with Crippen molar-refractivity contribution in [3.63, 3.8) is 0 Å². The number of fused-ring (bicyclic) bond motifs is 2. The number of hydrogen-bond acceptors (Lipinski definition) is 5. The first-order valence-corrected chi connectivity index (χ1v) is 13.1. The van der Waals surface area contributed by atoms with Gasteiger partial charge >= 0.3 is 0 Å². The SMILES string of the molecule is CC(C)N1C(=O)c2ccc3c4ccc5c6c(ccc(c7ccc(c2c37)C1=O)c64)C(=O)N(c1ccc(N)cc1)C5=O. The van der Waals surface area contributed by atoms with Crippen molar-refractivity contribution in [3.05, 3.63) is 95.1 Å². The van der Waals surface area contributed by atoms with Crippen LogP contribution in [-0.4, -0.2) is 34.6 Å². The molecule has 0 aliphatic carbocycles. The van der Waals surface area contributed by atoms with Gasteiger partial charge in [0, 0.05) is 44.8 Å². The second kappa shape index (κ2) is 7.42. The standard InChI is InChI=1S/C33H21N3O4/c1-15(2)35-30(37)22-11-7-18-20-9-13-24-29-25(33(40)36(32(24)39)17-5-3-16(34)4-6-17)14-10-21(27(20)29)19-8-12-23(31(35)38)28(22)26(18)19/h3-15H,34H2,1-2H3. The van der Waals surface area contributed by atoms with Gasteiger partial charge in [-0.15, -0.1) is 0 Å². The van der Waals surface area contributed by atoms with E-state index >= 15 is 0 Å². The van der Waals surface area contributed by atoms with Gasteiger partial charge in [0.15, 0.2) is 0 Å². The molecule has 7 heteroatoms. The normalized spacial score (nSPS) is 15.2. The van der Waals surface area contributed by atoms with E-state index in [1.807, 2.05) is 38.1 Å². The van der Waals surface area contributed by atoms with Crippen molar-refractivity contribution in [1.29, 1.82) is 0 Å². The van der Waals surface area contributed by atoms with Gasteiger partial charge in [0.1, 0.15) is 0 Å². The Morgan fingerprint density at radius 3 is 1.25 bits per heavy atom. The highest BCUT2D eigenvalue weighted by Gasteiger charge is 2.38. The van der Waals surface area contributed by atoms with Crippen LogP contribution in [0.2, 0.25) is 0 Å². The van der Waals surface area contributed by atoms with Crippen molar-refractivity contribution in [2.24, 2.45) is 0 Å². The van der Waals surface area contributed by atoms with Crippen molar-refractivity contribution >= 4 is 78.1 Å². The Morgan fingerprint density at radius 1 is 0.500 bits per heavy atom. The second-order valence-corrected chi connectivity index (χ2v) is 10.8. The van der Waals surface area contributed by atoms with E-state index < -0.39 is 11.8 Å². The largest absolute Gasteiger partial charge is 0.399 e. The zero-order chi connectivity index (χ0) is 27.6. The lowest BCUT2D eigenvalue weighted by atomic mass is 9.82. The molecule has 192 valence electrons. The molecule has 2 aliphatic rings. The molecule has 0 bridgehead atoms. The number of carbonyl (C=O) groups is 4. The van der Waals surface area contributed by atoms with Crippen molar-refractivity contribution in [1.82, 2.24) is 4.90 Å². The lowest BCUT2D eigenvalue weighted by Crippen LogP contribution is -2.44. The maximum atomic E-state index is 13.8. The van der Waals surface area contributed by atoms with Crippen LogP contribution in [0.4, 0.5) is 11.4 Å². The fourth-order valence-electron chi connectivity index (χ4n) is 6.61. The van der Waals surface area contributed by atoms with Gasteiger partial charge in [0.2, 0.25) is 0 Å². The summed E-state index contributed by atoms with van der Waals surface area (Å²) in [5.41, 5.74) is 8.72. The minimum atomic E-state index is -0.396. The number of nitrogen functional groups attached to an aromatic ring is 1. The van der Waals surface area contributed by atoms with Gasteiger partial charge < -0.3 is 5.73 Å². The number of carbonyl (C=O) groups excluding carboxylic acids is 4. The van der Waals surface area contributed by atoms with Crippen molar-refractivity contribution in [3.8, 4) is 0 Å². The van der Waals surface area contributed by atoms with Crippen molar-refractivity contribution in [2.45, 2.75) is 19.9 Å². The zero-order valence-electron chi connectivity index (χ0n) is 21.6. The fourth-order valence-corrected chi connectivity index (χ4v) is 6.61. The van der Waals surface area contributed by atoms with Gasteiger partial charge in [-0.3, -0.25) is 24.1 Å². The first-order chi connectivity index (χ1) is 19.3. The molecule has 2 heterocycles. The summed E-state index contributed by atoms with van der Waals surface area (Å²) >= 11 is 0. The summed E-state index contributed by atoms with van der Waals surface area (Å²) < 4.78 is 0. The Bertz CT molecular complexity index is 2060. The third kappa shape index (κ3) is 2.59. The number of nitrogens with two attached hydrogens (primary N) is 1. The van der Waals surface area contributed by atoms with E-state index in [2.05, 4.69) is 0 Å². The molecule has 4 amide bonds. The molecular formula is C33H21N3O4. The summed E-state index contributed by atoms with van der Waals surface area (Å²) in [6.45, 7) is 3.66. The number of hydrogen-bond donors (Lipinski definition) is 1. The fraction of sp³-hybridized carbons (Fsp3) is 0.0909. The van der Waals surface area contributed by atoms with E-state index in [4.69, 9.17) is 5.73 Å². The van der Waals surface area contributed by atoms with Crippen molar-refractivity contribution in [2.75, 3.05) is 10.6 Å². The third-order valence-electron chi connectivity index (χ3n) is 8.33. The Labute approximate surface area is 227 Å². The molecule has 0 radical (unpaired) electrons. The summed E-state index contributed by atoms with van der Waals surface area (Å²) in [7, 11) is 0. The third-order valence-corrected chi connectivity index (χ3v) is 8.33. The van der Waals surface area contributed by atoms with Crippen LogP contribution in [0.25, 0.3) is 43.1 Å². The van der Waals surface area contributed by atoms with E-state index in [9.17, 15) is 19.2 Å². The van der Waals surface area contributed by atoms with Gasteiger partial charge in [-0.25, -0.2) is 4.90 Å². The minimum Gasteiger partial charge on any atom is -0.399 e. The molecule has 8 rings (SSSR count). The monoisotopic (exact) mass is 523 g/mol. The van der Waals surface area contributed by atoms with E-state index in [1.165, 1.54) is 9.80 Å². The van der Waals surface area contributed by atoms with E-state index in [0.29, 0.717) is 44.4 Å². The number of amides is 4. The van der Waals surface area contributed by atoms with Gasteiger partial charge in [0.05, 0.1) is 5.69 Å². The molecule has 6 aromatic carbocycles. The molecule has 2 aliphatic heterocycles.